The first kappa shape index (κ1) is 23.8. The zero-order valence-corrected chi connectivity index (χ0v) is 20.8. The number of hydrogen-bond donors (Lipinski definition) is 2. The number of nitrogens with zero attached hydrogens (tertiary/aromatic N) is 4. The molecule has 2 N–H and O–H groups in total. The zero-order valence-electron chi connectivity index (χ0n) is 17.8. The van der Waals surface area contributed by atoms with Gasteiger partial charge in [-0.3, -0.25) is 4.99 Å². The van der Waals surface area contributed by atoms with Crippen molar-refractivity contribution in [2.24, 2.45) is 4.99 Å². The van der Waals surface area contributed by atoms with E-state index >= 15 is 0 Å². The highest BCUT2D eigenvalue weighted by Crippen LogP contribution is 2.26. The molecule has 2 aromatic rings. The van der Waals surface area contributed by atoms with Gasteiger partial charge >= 0.3 is 0 Å². The van der Waals surface area contributed by atoms with Gasteiger partial charge in [0.2, 0.25) is 5.88 Å². The highest BCUT2D eigenvalue weighted by atomic mass is 127. The molecule has 1 saturated heterocycles. The quantitative estimate of drug-likeness (QED) is 0.318. The summed E-state index contributed by atoms with van der Waals surface area (Å²) in [5, 5.41) is 7.55. The van der Waals surface area contributed by atoms with Gasteiger partial charge in [-0.1, -0.05) is 17.7 Å². The van der Waals surface area contributed by atoms with Gasteiger partial charge in [-0.2, -0.15) is 0 Å². The summed E-state index contributed by atoms with van der Waals surface area (Å²) in [6, 6.07) is 8.03. The lowest BCUT2D eigenvalue weighted by Crippen LogP contribution is -2.44. The van der Waals surface area contributed by atoms with Crippen molar-refractivity contribution in [2.75, 3.05) is 25.0 Å². The van der Waals surface area contributed by atoms with E-state index in [1.165, 1.54) is 12.8 Å². The van der Waals surface area contributed by atoms with E-state index in [1.807, 2.05) is 24.4 Å². The van der Waals surface area contributed by atoms with Gasteiger partial charge in [-0.05, 0) is 49.8 Å². The largest absolute Gasteiger partial charge is 0.474 e. The average Bonchev–Trinajstić information content (AvgIpc) is 3.45. The number of halogens is 2. The Morgan fingerprint density at radius 1 is 1.23 bits per heavy atom. The standard InChI is InChI=1S/C22H29ClN6O.HI/c1-24-22(28-17-10-12-29(15-17)21-19(23)7-4-11-25-21)27-14-16-8-9-20(26-13-16)30-18-5-2-3-6-18;/h4,7-9,11,13,17-18H,2-3,5-6,10,12,14-15H2,1H3,(H2,24,27,28);1H. The van der Waals surface area contributed by atoms with Crippen LogP contribution >= 0.6 is 35.6 Å². The third kappa shape index (κ3) is 6.58. The summed E-state index contributed by atoms with van der Waals surface area (Å²) >= 11 is 6.29. The van der Waals surface area contributed by atoms with Gasteiger partial charge in [0, 0.05) is 51.2 Å². The minimum atomic E-state index is 0. The number of guanidine groups is 1. The Hall–Kier alpha value is -1.81. The molecule has 0 bridgehead atoms. The van der Waals surface area contributed by atoms with Crippen molar-refractivity contribution in [2.45, 2.75) is 50.8 Å². The summed E-state index contributed by atoms with van der Waals surface area (Å²) in [4.78, 5) is 15.4. The molecule has 0 spiro atoms. The monoisotopic (exact) mass is 556 g/mol. The van der Waals surface area contributed by atoms with Crippen molar-refractivity contribution in [1.82, 2.24) is 20.6 Å². The predicted molar refractivity (Wildman–Crippen MR) is 136 cm³/mol. The van der Waals surface area contributed by atoms with E-state index in [4.69, 9.17) is 16.3 Å². The van der Waals surface area contributed by atoms with E-state index in [1.54, 1.807) is 13.2 Å². The molecule has 0 aromatic carbocycles. The van der Waals surface area contributed by atoms with Crippen LogP contribution in [0.4, 0.5) is 5.82 Å². The van der Waals surface area contributed by atoms with Crippen molar-refractivity contribution >= 4 is 47.4 Å². The number of hydrogen-bond acceptors (Lipinski definition) is 5. The molecular formula is C22H30ClIN6O. The molecule has 7 nitrogen and oxygen atoms in total. The molecule has 4 rings (SSSR count). The topological polar surface area (TPSA) is 74.7 Å². The van der Waals surface area contributed by atoms with E-state index in [2.05, 4.69) is 36.6 Å². The van der Waals surface area contributed by atoms with Gasteiger partial charge in [-0.25, -0.2) is 9.97 Å². The Morgan fingerprint density at radius 3 is 2.77 bits per heavy atom. The molecule has 1 aliphatic heterocycles. The third-order valence-corrected chi connectivity index (χ3v) is 5.93. The average molecular weight is 557 g/mol. The summed E-state index contributed by atoms with van der Waals surface area (Å²) in [5.74, 6) is 2.34. The maximum absolute atomic E-state index is 6.29. The second-order valence-corrected chi connectivity index (χ2v) is 8.25. The van der Waals surface area contributed by atoms with Crippen LogP contribution in [-0.2, 0) is 6.54 Å². The second kappa shape index (κ2) is 11.7. The molecule has 2 fully saturated rings. The molecule has 1 saturated carbocycles. The number of nitrogens with one attached hydrogen (secondary N) is 2. The lowest BCUT2D eigenvalue weighted by atomic mass is 10.2. The van der Waals surface area contributed by atoms with Crippen LogP contribution in [0, 0.1) is 0 Å². The Morgan fingerprint density at radius 2 is 2.06 bits per heavy atom. The fourth-order valence-electron chi connectivity index (χ4n) is 4.02. The molecule has 1 atom stereocenters. The highest BCUT2D eigenvalue weighted by molar-refractivity contribution is 14.0. The minimum Gasteiger partial charge on any atom is -0.474 e. The van der Waals surface area contributed by atoms with Gasteiger partial charge in [0.25, 0.3) is 0 Å². The normalized spacial score (nSPS) is 19.2. The molecule has 2 aliphatic rings. The van der Waals surface area contributed by atoms with Crippen molar-refractivity contribution in [3.63, 3.8) is 0 Å². The first-order valence-electron chi connectivity index (χ1n) is 10.7. The second-order valence-electron chi connectivity index (χ2n) is 7.84. The maximum Gasteiger partial charge on any atom is 0.213 e. The predicted octanol–water partition coefficient (Wildman–Crippen LogP) is 4.01. The van der Waals surface area contributed by atoms with Crippen molar-refractivity contribution in [1.29, 1.82) is 0 Å². The van der Waals surface area contributed by atoms with Crippen LogP contribution in [0.5, 0.6) is 5.88 Å². The molecule has 31 heavy (non-hydrogen) atoms. The van der Waals surface area contributed by atoms with Crippen molar-refractivity contribution in [3.8, 4) is 5.88 Å². The lowest BCUT2D eigenvalue weighted by Gasteiger charge is -2.20. The number of aromatic nitrogens is 2. The summed E-state index contributed by atoms with van der Waals surface area (Å²) in [6.07, 6.45) is 9.76. The minimum absolute atomic E-state index is 0. The van der Waals surface area contributed by atoms with Crippen molar-refractivity contribution < 1.29 is 4.74 Å². The Balaban J connectivity index is 0.00000272. The van der Waals surface area contributed by atoms with Crippen LogP contribution in [0.1, 0.15) is 37.7 Å². The summed E-state index contributed by atoms with van der Waals surface area (Å²) in [5.41, 5.74) is 1.09. The molecule has 2 aromatic heterocycles. The van der Waals surface area contributed by atoms with E-state index < -0.39 is 0 Å². The van der Waals surface area contributed by atoms with Gasteiger partial charge in [0.05, 0.1) is 5.02 Å². The summed E-state index contributed by atoms with van der Waals surface area (Å²) < 4.78 is 5.93. The van der Waals surface area contributed by atoms with E-state index in [-0.39, 0.29) is 30.0 Å². The van der Waals surface area contributed by atoms with Crippen LogP contribution in [0.2, 0.25) is 5.02 Å². The highest BCUT2D eigenvalue weighted by Gasteiger charge is 2.25. The third-order valence-electron chi connectivity index (χ3n) is 5.64. The first-order chi connectivity index (χ1) is 14.7. The van der Waals surface area contributed by atoms with Gasteiger partial charge in [0.15, 0.2) is 5.96 Å². The maximum atomic E-state index is 6.29. The smallest absolute Gasteiger partial charge is 0.213 e. The Bertz CT molecular complexity index is 859. The van der Waals surface area contributed by atoms with E-state index in [0.717, 1.165) is 49.7 Å². The molecule has 3 heterocycles. The first-order valence-corrected chi connectivity index (χ1v) is 11.0. The molecule has 0 radical (unpaired) electrons. The molecule has 1 aliphatic carbocycles. The number of aliphatic imine (C=N–C) groups is 1. The fraction of sp³-hybridized carbons (Fsp3) is 0.500. The van der Waals surface area contributed by atoms with Crippen LogP contribution in [0.15, 0.2) is 41.7 Å². The van der Waals surface area contributed by atoms with E-state index in [9.17, 15) is 0 Å². The number of pyridine rings is 2. The molecule has 9 heteroatoms. The zero-order chi connectivity index (χ0) is 20.8. The van der Waals surface area contributed by atoms with Crippen molar-refractivity contribution in [3.05, 3.63) is 47.2 Å². The summed E-state index contributed by atoms with van der Waals surface area (Å²) in [7, 11) is 1.79. The van der Waals surface area contributed by atoms with Crippen LogP contribution < -0.4 is 20.3 Å². The molecule has 1 unspecified atom stereocenters. The van der Waals surface area contributed by atoms with Crippen LogP contribution in [0.25, 0.3) is 0 Å². The Labute approximate surface area is 206 Å². The lowest BCUT2D eigenvalue weighted by molar-refractivity contribution is 0.201. The summed E-state index contributed by atoms with van der Waals surface area (Å²) in [6.45, 7) is 2.41. The van der Waals surface area contributed by atoms with Gasteiger partial charge in [0.1, 0.15) is 11.9 Å². The molecular weight excluding hydrogens is 527 g/mol. The Kier molecular flexibility index (Phi) is 9.01. The number of rotatable bonds is 6. The molecule has 0 amide bonds. The fourth-order valence-corrected chi connectivity index (χ4v) is 4.26. The van der Waals surface area contributed by atoms with Crippen LogP contribution in [0.3, 0.4) is 0 Å². The van der Waals surface area contributed by atoms with Crippen LogP contribution in [-0.4, -0.2) is 48.2 Å². The van der Waals surface area contributed by atoms with Gasteiger partial charge in [-0.15, -0.1) is 24.0 Å². The van der Waals surface area contributed by atoms with E-state index in [0.29, 0.717) is 23.6 Å². The molecule has 168 valence electrons. The SMILES string of the molecule is CN=C(NCc1ccc(OC2CCCC2)nc1)NC1CCN(c2ncccc2Cl)C1.I. The number of ether oxygens (including phenoxy) is 1. The van der Waals surface area contributed by atoms with Gasteiger partial charge < -0.3 is 20.3 Å². The number of anilines is 1.